The molecule has 5 heteroatoms. The van der Waals surface area contributed by atoms with Gasteiger partial charge >= 0.3 is 0 Å². The summed E-state index contributed by atoms with van der Waals surface area (Å²) < 4.78 is 5.06. The van der Waals surface area contributed by atoms with E-state index in [1.54, 1.807) is 37.3 Å². The fraction of sp³-hybridized carbons (Fsp3) is 0.462. The van der Waals surface area contributed by atoms with E-state index in [2.05, 4.69) is 0 Å². The molecule has 0 fully saturated rings. The lowest BCUT2D eigenvalue weighted by Gasteiger charge is -2.20. The molecule has 0 aromatic heterocycles. The van der Waals surface area contributed by atoms with Crippen molar-refractivity contribution in [2.24, 2.45) is 0 Å². The van der Waals surface area contributed by atoms with Crippen LogP contribution in [0.2, 0.25) is 0 Å². The molecule has 1 aromatic rings. The van der Waals surface area contributed by atoms with Gasteiger partial charge in [-0.05, 0) is 32.3 Å². The van der Waals surface area contributed by atoms with Gasteiger partial charge in [-0.3, -0.25) is 4.79 Å². The van der Waals surface area contributed by atoms with E-state index in [4.69, 9.17) is 10.5 Å². The van der Waals surface area contributed by atoms with Crippen LogP contribution in [0.25, 0.3) is 0 Å². The van der Waals surface area contributed by atoms with Gasteiger partial charge < -0.3 is 20.3 Å². The molecule has 0 aliphatic rings. The number of likely N-dealkylation sites (N-methyl/N-ethyl adjacent to an activating group) is 2. The summed E-state index contributed by atoms with van der Waals surface area (Å²) in [4.78, 5) is 15.8. The fourth-order valence-corrected chi connectivity index (χ4v) is 1.54. The Morgan fingerprint density at radius 3 is 2.44 bits per heavy atom. The summed E-state index contributed by atoms with van der Waals surface area (Å²) in [6, 6.07) is 5.08. The number of benzene rings is 1. The zero-order valence-corrected chi connectivity index (χ0v) is 11.4. The lowest BCUT2D eigenvalue weighted by molar-refractivity contribution is 0.0786. The van der Waals surface area contributed by atoms with Gasteiger partial charge in [0, 0.05) is 25.7 Å². The summed E-state index contributed by atoms with van der Waals surface area (Å²) in [6.45, 7) is 1.51. The quantitative estimate of drug-likeness (QED) is 0.790. The van der Waals surface area contributed by atoms with Crippen molar-refractivity contribution in [3.63, 3.8) is 0 Å². The Morgan fingerprint density at radius 1 is 1.28 bits per heavy atom. The summed E-state index contributed by atoms with van der Waals surface area (Å²) in [5.41, 5.74) is 6.84. The maximum atomic E-state index is 12.1. The summed E-state index contributed by atoms with van der Waals surface area (Å²) >= 11 is 0. The molecule has 100 valence electrons. The molecule has 2 N–H and O–H groups in total. The molecule has 1 aromatic carbocycles. The number of hydrogen-bond acceptors (Lipinski definition) is 4. The zero-order chi connectivity index (χ0) is 13.7. The Kier molecular flexibility index (Phi) is 4.97. The molecule has 1 amide bonds. The predicted octanol–water partition coefficient (Wildman–Crippen LogP) is 0.911. The van der Waals surface area contributed by atoms with Crippen LogP contribution in [0.3, 0.4) is 0 Å². The van der Waals surface area contributed by atoms with Crippen molar-refractivity contribution >= 4 is 11.6 Å². The van der Waals surface area contributed by atoms with Crippen molar-refractivity contribution < 1.29 is 9.53 Å². The van der Waals surface area contributed by atoms with E-state index in [0.717, 1.165) is 6.54 Å². The van der Waals surface area contributed by atoms with Gasteiger partial charge in [0.15, 0.2) is 0 Å². The third kappa shape index (κ3) is 3.63. The fourth-order valence-electron chi connectivity index (χ4n) is 1.54. The van der Waals surface area contributed by atoms with Crippen molar-refractivity contribution in [2.75, 3.05) is 47.1 Å². The minimum atomic E-state index is -0.0359. The van der Waals surface area contributed by atoms with Crippen LogP contribution < -0.4 is 10.5 Å². The van der Waals surface area contributed by atoms with Crippen LogP contribution in [-0.2, 0) is 0 Å². The number of nitrogen functional groups attached to an aromatic ring is 1. The number of nitrogens with zero attached hydrogens (tertiary/aromatic N) is 2. The lowest BCUT2D eigenvalue weighted by atomic mass is 10.1. The molecule has 18 heavy (non-hydrogen) atoms. The van der Waals surface area contributed by atoms with Gasteiger partial charge in [-0.25, -0.2) is 0 Å². The Bertz CT molecular complexity index is 419. The highest BCUT2D eigenvalue weighted by Crippen LogP contribution is 2.22. The van der Waals surface area contributed by atoms with Crippen LogP contribution in [0.4, 0.5) is 5.69 Å². The molecule has 0 spiro atoms. The number of amides is 1. The summed E-state index contributed by atoms with van der Waals surface area (Å²) in [6.07, 6.45) is 0. The van der Waals surface area contributed by atoms with Gasteiger partial charge in [-0.2, -0.15) is 0 Å². The van der Waals surface area contributed by atoms with Crippen molar-refractivity contribution in [3.05, 3.63) is 23.8 Å². The third-order valence-electron chi connectivity index (χ3n) is 2.71. The molecule has 5 nitrogen and oxygen atoms in total. The van der Waals surface area contributed by atoms with Gasteiger partial charge in [0.2, 0.25) is 0 Å². The van der Waals surface area contributed by atoms with Gasteiger partial charge in [-0.15, -0.1) is 0 Å². The molecule has 0 radical (unpaired) electrons. The summed E-state index contributed by atoms with van der Waals surface area (Å²) in [5.74, 6) is 0.550. The number of ether oxygens (including phenoxy) is 1. The van der Waals surface area contributed by atoms with E-state index >= 15 is 0 Å². The highest BCUT2D eigenvalue weighted by Gasteiger charge is 2.13. The number of carbonyl (C=O) groups is 1. The molecule has 0 aliphatic heterocycles. The summed E-state index contributed by atoms with van der Waals surface area (Å²) in [5, 5.41) is 0. The van der Waals surface area contributed by atoms with Crippen LogP contribution in [0, 0.1) is 0 Å². The monoisotopic (exact) mass is 251 g/mol. The van der Waals surface area contributed by atoms with Crippen molar-refractivity contribution in [2.45, 2.75) is 0 Å². The molecule has 0 bridgehead atoms. The van der Waals surface area contributed by atoms with E-state index in [1.807, 2.05) is 19.0 Å². The highest BCUT2D eigenvalue weighted by molar-refractivity contribution is 5.95. The van der Waals surface area contributed by atoms with Crippen LogP contribution in [0.5, 0.6) is 5.75 Å². The van der Waals surface area contributed by atoms with Gasteiger partial charge in [0.05, 0.1) is 12.8 Å². The number of anilines is 1. The largest absolute Gasteiger partial charge is 0.495 e. The van der Waals surface area contributed by atoms with Crippen LogP contribution in [-0.4, -0.2) is 57.0 Å². The number of rotatable bonds is 5. The van der Waals surface area contributed by atoms with E-state index in [9.17, 15) is 4.79 Å². The first-order chi connectivity index (χ1) is 8.45. The second-order valence-electron chi connectivity index (χ2n) is 4.49. The first kappa shape index (κ1) is 14.3. The smallest absolute Gasteiger partial charge is 0.253 e. The van der Waals surface area contributed by atoms with Crippen LogP contribution in [0.1, 0.15) is 10.4 Å². The molecular formula is C13H21N3O2. The number of nitrogens with two attached hydrogens (primary N) is 1. The third-order valence-corrected chi connectivity index (χ3v) is 2.71. The molecule has 0 heterocycles. The van der Waals surface area contributed by atoms with Gasteiger partial charge in [0.25, 0.3) is 5.91 Å². The van der Waals surface area contributed by atoms with E-state index in [1.165, 1.54) is 0 Å². The Labute approximate surface area is 108 Å². The topological polar surface area (TPSA) is 58.8 Å². The number of hydrogen-bond donors (Lipinski definition) is 1. The number of carbonyl (C=O) groups excluding carboxylic acids is 1. The number of methoxy groups -OCH3 is 1. The second kappa shape index (κ2) is 6.26. The van der Waals surface area contributed by atoms with E-state index in [0.29, 0.717) is 23.5 Å². The molecular weight excluding hydrogens is 230 g/mol. The Balaban J connectivity index is 2.74. The normalized spacial score (nSPS) is 10.5. The standard InChI is InChI=1S/C13H21N3O2/c1-15(2)7-8-16(3)13(17)10-5-6-12(18-4)11(14)9-10/h5-6,9H,7-8,14H2,1-4H3. The minimum Gasteiger partial charge on any atom is -0.495 e. The first-order valence-corrected chi connectivity index (χ1v) is 5.79. The average molecular weight is 251 g/mol. The maximum absolute atomic E-state index is 12.1. The first-order valence-electron chi connectivity index (χ1n) is 5.79. The second-order valence-corrected chi connectivity index (χ2v) is 4.49. The molecule has 0 saturated carbocycles. The SMILES string of the molecule is COc1ccc(C(=O)N(C)CCN(C)C)cc1N. The molecule has 0 aliphatic carbocycles. The predicted molar refractivity (Wildman–Crippen MR) is 72.9 cm³/mol. The van der Waals surface area contributed by atoms with Gasteiger partial charge in [-0.1, -0.05) is 0 Å². The Hall–Kier alpha value is -1.75. The summed E-state index contributed by atoms with van der Waals surface area (Å²) in [7, 11) is 7.29. The maximum Gasteiger partial charge on any atom is 0.253 e. The Morgan fingerprint density at radius 2 is 1.94 bits per heavy atom. The zero-order valence-electron chi connectivity index (χ0n) is 11.4. The minimum absolute atomic E-state index is 0.0359. The van der Waals surface area contributed by atoms with Crippen LogP contribution >= 0.6 is 0 Å². The van der Waals surface area contributed by atoms with Gasteiger partial charge in [0.1, 0.15) is 5.75 Å². The van der Waals surface area contributed by atoms with E-state index in [-0.39, 0.29) is 5.91 Å². The molecule has 0 atom stereocenters. The molecule has 0 saturated heterocycles. The van der Waals surface area contributed by atoms with Crippen molar-refractivity contribution in [1.82, 2.24) is 9.80 Å². The van der Waals surface area contributed by atoms with Crippen LogP contribution in [0.15, 0.2) is 18.2 Å². The lowest BCUT2D eigenvalue weighted by Crippen LogP contribution is -2.33. The van der Waals surface area contributed by atoms with Crippen molar-refractivity contribution in [3.8, 4) is 5.75 Å². The van der Waals surface area contributed by atoms with E-state index < -0.39 is 0 Å². The molecule has 1 rings (SSSR count). The average Bonchev–Trinajstić information content (AvgIpc) is 2.34. The van der Waals surface area contributed by atoms with Crippen molar-refractivity contribution in [1.29, 1.82) is 0 Å². The highest BCUT2D eigenvalue weighted by atomic mass is 16.5. The molecule has 0 unspecified atom stereocenters.